The van der Waals surface area contributed by atoms with Crippen molar-refractivity contribution in [3.8, 4) is 6.07 Å². The van der Waals surface area contributed by atoms with Crippen LogP contribution in [0.1, 0.15) is 24.0 Å². The zero-order chi connectivity index (χ0) is 12.5. The van der Waals surface area contributed by atoms with Crippen molar-refractivity contribution >= 4 is 5.69 Å². The van der Waals surface area contributed by atoms with E-state index in [1.807, 2.05) is 25.1 Å². The summed E-state index contributed by atoms with van der Waals surface area (Å²) in [5.74, 6) is 0.755. The second kappa shape index (κ2) is 4.62. The average molecular weight is 241 g/mol. The van der Waals surface area contributed by atoms with Gasteiger partial charge in [0, 0.05) is 19.1 Å². The van der Waals surface area contributed by atoms with Crippen molar-refractivity contribution in [2.45, 2.75) is 25.8 Å². The summed E-state index contributed by atoms with van der Waals surface area (Å²) >= 11 is 0. The van der Waals surface area contributed by atoms with Gasteiger partial charge in [0.2, 0.25) is 0 Å². The molecule has 2 heterocycles. The molecular weight excluding hydrogens is 222 g/mol. The van der Waals surface area contributed by atoms with E-state index in [1.165, 1.54) is 32.5 Å². The van der Waals surface area contributed by atoms with E-state index in [-0.39, 0.29) is 0 Å². The maximum Gasteiger partial charge on any atom is 0.102 e. The van der Waals surface area contributed by atoms with Gasteiger partial charge in [-0.25, -0.2) is 0 Å². The molecule has 3 nitrogen and oxygen atoms in total. The molecule has 2 bridgehead atoms. The number of nitrogens with zero attached hydrogens (tertiary/aromatic N) is 2. The number of aryl methyl sites for hydroxylation is 1. The molecule has 3 rings (SSSR count). The second-order valence-corrected chi connectivity index (χ2v) is 5.50. The predicted octanol–water partition coefficient (Wildman–Crippen LogP) is 2.37. The van der Waals surface area contributed by atoms with E-state index in [9.17, 15) is 5.26 Å². The molecule has 0 saturated carbocycles. The SMILES string of the molecule is Cc1cccc(NC2CCN3CCC2C3)c1C#N. The maximum atomic E-state index is 9.26. The molecule has 2 aliphatic heterocycles. The van der Waals surface area contributed by atoms with Crippen molar-refractivity contribution in [1.82, 2.24) is 4.90 Å². The fourth-order valence-corrected chi connectivity index (χ4v) is 3.28. The lowest BCUT2D eigenvalue weighted by Gasteiger charge is -2.32. The highest BCUT2D eigenvalue weighted by atomic mass is 15.2. The first-order valence-corrected chi connectivity index (χ1v) is 6.76. The van der Waals surface area contributed by atoms with Gasteiger partial charge in [-0.3, -0.25) is 0 Å². The van der Waals surface area contributed by atoms with Crippen LogP contribution in [0.3, 0.4) is 0 Å². The summed E-state index contributed by atoms with van der Waals surface area (Å²) in [4.78, 5) is 2.55. The number of rotatable bonds is 2. The number of hydrogen-bond acceptors (Lipinski definition) is 3. The molecule has 3 unspecified atom stereocenters. The zero-order valence-corrected chi connectivity index (χ0v) is 10.8. The van der Waals surface area contributed by atoms with E-state index in [2.05, 4.69) is 16.3 Å². The minimum Gasteiger partial charge on any atom is -0.381 e. The molecule has 0 amide bonds. The van der Waals surface area contributed by atoms with Crippen molar-refractivity contribution in [2.24, 2.45) is 5.92 Å². The molecule has 2 saturated heterocycles. The lowest BCUT2D eigenvalue weighted by Crippen LogP contribution is -2.39. The quantitative estimate of drug-likeness (QED) is 0.864. The van der Waals surface area contributed by atoms with Crippen LogP contribution < -0.4 is 5.32 Å². The van der Waals surface area contributed by atoms with Crippen LogP contribution in [-0.2, 0) is 0 Å². The fourth-order valence-electron chi connectivity index (χ4n) is 3.28. The van der Waals surface area contributed by atoms with Crippen LogP contribution >= 0.6 is 0 Å². The molecule has 1 N–H and O–H groups in total. The maximum absolute atomic E-state index is 9.26. The highest BCUT2D eigenvalue weighted by Crippen LogP contribution is 2.30. The second-order valence-electron chi connectivity index (χ2n) is 5.50. The summed E-state index contributed by atoms with van der Waals surface area (Å²) in [5.41, 5.74) is 2.88. The zero-order valence-electron chi connectivity index (χ0n) is 10.8. The fraction of sp³-hybridized carbons (Fsp3) is 0.533. The Morgan fingerprint density at radius 1 is 1.33 bits per heavy atom. The van der Waals surface area contributed by atoms with Crippen LogP contribution in [0.25, 0.3) is 0 Å². The van der Waals surface area contributed by atoms with Crippen molar-refractivity contribution in [3.63, 3.8) is 0 Å². The normalized spacial score (nSPS) is 29.9. The third-order valence-electron chi connectivity index (χ3n) is 4.36. The Morgan fingerprint density at radius 3 is 3.00 bits per heavy atom. The standard InChI is InChI=1S/C15H19N3/c1-11-3-2-4-15(13(11)9-16)17-14-6-8-18-7-5-12(14)10-18/h2-4,12,14,17H,5-8,10H2,1H3. The molecule has 3 atom stereocenters. The highest BCUT2D eigenvalue weighted by molar-refractivity contribution is 5.61. The summed E-state index contributed by atoms with van der Waals surface area (Å²) in [6.07, 6.45) is 2.49. The lowest BCUT2D eigenvalue weighted by atomic mass is 9.93. The minimum atomic E-state index is 0.539. The molecule has 1 aromatic rings. The molecule has 2 fully saturated rings. The average Bonchev–Trinajstić information content (AvgIpc) is 2.76. The van der Waals surface area contributed by atoms with Gasteiger partial charge in [-0.2, -0.15) is 5.26 Å². The summed E-state index contributed by atoms with van der Waals surface area (Å²) in [6, 6.07) is 8.93. The van der Waals surface area contributed by atoms with E-state index in [0.29, 0.717) is 6.04 Å². The Labute approximate surface area is 108 Å². The van der Waals surface area contributed by atoms with E-state index in [4.69, 9.17) is 0 Å². The number of fused-ring (bicyclic) bond motifs is 2. The number of nitrogens with one attached hydrogen (secondary N) is 1. The Bertz CT molecular complexity index is 489. The Kier molecular flexibility index (Phi) is 2.97. The molecule has 3 heteroatoms. The first kappa shape index (κ1) is 11.6. The Hall–Kier alpha value is -1.53. The summed E-state index contributed by atoms with van der Waals surface area (Å²) < 4.78 is 0. The van der Waals surface area contributed by atoms with Gasteiger partial charge in [-0.1, -0.05) is 12.1 Å². The summed E-state index contributed by atoms with van der Waals surface area (Å²) in [7, 11) is 0. The minimum absolute atomic E-state index is 0.539. The van der Waals surface area contributed by atoms with E-state index >= 15 is 0 Å². The molecule has 2 aliphatic rings. The van der Waals surface area contributed by atoms with Gasteiger partial charge in [0.15, 0.2) is 0 Å². The van der Waals surface area contributed by atoms with Crippen molar-refractivity contribution in [1.29, 1.82) is 5.26 Å². The molecular formula is C15H19N3. The molecule has 0 spiro atoms. The topological polar surface area (TPSA) is 39.1 Å². The monoisotopic (exact) mass is 241 g/mol. The van der Waals surface area contributed by atoms with Crippen LogP contribution in [0, 0.1) is 24.2 Å². The van der Waals surface area contributed by atoms with E-state index in [1.54, 1.807) is 0 Å². The third kappa shape index (κ3) is 1.97. The van der Waals surface area contributed by atoms with Gasteiger partial charge in [0.25, 0.3) is 0 Å². The number of nitriles is 1. The van der Waals surface area contributed by atoms with Crippen molar-refractivity contribution in [3.05, 3.63) is 29.3 Å². The van der Waals surface area contributed by atoms with Gasteiger partial charge in [0.05, 0.1) is 11.3 Å². The summed E-state index contributed by atoms with van der Waals surface area (Å²) in [5, 5.41) is 12.9. The van der Waals surface area contributed by atoms with Crippen LogP contribution in [-0.4, -0.2) is 30.6 Å². The molecule has 18 heavy (non-hydrogen) atoms. The van der Waals surface area contributed by atoms with Crippen LogP contribution in [0.15, 0.2) is 18.2 Å². The van der Waals surface area contributed by atoms with E-state index < -0.39 is 0 Å². The number of hydrogen-bond donors (Lipinski definition) is 1. The van der Waals surface area contributed by atoms with Crippen molar-refractivity contribution < 1.29 is 0 Å². The first-order chi connectivity index (χ1) is 8.78. The Morgan fingerprint density at radius 2 is 2.17 bits per heavy atom. The van der Waals surface area contributed by atoms with Gasteiger partial charge >= 0.3 is 0 Å². The van der Waals surface area contributed by atoms with Crippen LogP contribution in [0.4, 0.5) is 5.69 Å². The summed E-state index contributed by atoms with van der Waals surface area (Å²) in [6.45, 7) is 5.68. The van der Waals surface area contributed by atoms with E-state index in [0.717, 1.165) is 22.7 Å². The molecule has 0 aliphatic carbocycles. The predicted molar refractivity (Wildman–Crippen MR) is 72.5 cm³/mol. The smallest absolute Gasteiger partial charge is 0.102 e. The number of benzene rings is 1. The van der Waals surface area contributed by atoms with Crippen LogP contribution in [0.5, 0.6) is 0 Å². The lowest BCUT2D eigenvalue weighted by molar-refractivity contribution is 0.255. The van der Waals surface area contributed by atoms with Crippen LogP contribution in [0.2, 0.25) is 0 Å². The molecule has 0 radical (unpaired) electrons. The largest absolute Gasteiger partial charge is 0.381 e. The number of piperidine rings is 1. The highest BCUT2D eigenvalue weighted by Gasteiger charge is 2.34. The molecule has 0 aromatic heterocycles. The van der Waals surface area contributed by atoms with Gasteiger partial charge < -0.3 is 10.2 Å². The van der Waals surface area contributed by atoms with Gasteiger partial charge in [0.1, 0.15) is 6.07 Å². The first-order valence-electron chi connectivity index (χ1n) is 6.76. The van der Waals surface area contributed by atoms with Crippen molar-refractivity contribution in [2.75, 3.05) is 25.0 Å². The number of anilines is 1. The Balaban J connectivity index is 1.81. The third-order valence-corrected chi connectivity index (χ3v) is 4.36. The molecule has 1 aromatic carbocycles. The van der Waals surface area contributed by atoms with Gasteiger partial charge in [-0.05, 0) is 43.9 Å². The molecule has 94 valence electrons. The van der Waals surface area contributed by atoms with Gasteiger partial charge in [-0.15, -0.1) is 0 Å².